The number of unbranched alkanes of at least 4 members (excludes halogenated alkanes) is 1. The Morgan fingerprint density at radius 3 is 2.31 bits per heavy atom. The van der Waals surface area contributed by atoms with Crippen LogP contribution in [-0.4, -0.2) is 17.6 Å². The second-order valence-corrected chi connectivity index (χ2v) is 7.63. The summed E-state index contributed by atoms with van der Waals surface area (Å²) in [6, 6.07) is 17.8. The third-order valence-electron chi connectivity index (χ3n) is 5.25. The van der Waals surface area contributed by atoms with Gasteiger partial charge in [0.25, 0.3) is 5.91 Å². The molecule has 0 heterocycles. The van der Waals surface area contributed by atoms with E-state index in [2.05, 4.69) is 24.4 Å². The number of fused-ring (bicyclic) bond motifs is 1. The molecule has 3 rings (SSSR count). The molecule has 0 saturated carbocycles. The topological polar surface area (TPSA) is 49.3 Å². The Bertz CT molecular complexity index is 1050. The SMILES string of the molecule is CCCCNC(=O)/C(=C(\O)c1cccc2ccccc12)c1c(C)cc(C)cc1C. The zero-order valence-corrected chi connectivity index (χ0v) is 17.7. The molecule has 0 aliphatic rings. The third-order valence-corrected chi connectivity index (χ3v) is 5.25. The normalized spacial score (nSPS) is 12.0. The first-order valence-electron chi connectivity index (χ1n) is 10.2. The van der Waals surface area contributed by atoms with Crippen LogP contribution in [0.5, 0.6) is 0 Å². The van der Waals surface area contributed by atoms with Crippen molar-refractivity contribution in [1.29, 1.82) is 0 Å². The Balaban J connectivity index is 2.25. The van der Waals surface area contributed by atoms with E-state index in [0.717, 1.165) is 45.9 Å². The maximum absolute atomic E-state index is 13.2. The van der Waals surface area contributed by atoms with Crippen LogP contribution in [0.1, 0.15) is 47.6 Å². The minimum absolute atomic E-state index is 0.0193. The fourth-order valence-corrected chi connectivity index (χ4v) is 3.95. The second-order valence-electron chi connectivity index (χ2n) is 7.63. The van der Waals surface area contributed by atoms with Gasteiger partial charge in [-0.15, -0.1) is 0 Å². The number of nitrogens with one attached hydrogen (secondary N) is 1. The number of hydrogen-bond acceptors (Lipinski definition) is 2. The van der Waals surface area contributed by atoms with E-state index in [1.54, 1.807) is 0 Å². The number of hydrogen-bond donors (Lipinski definition) is 2. The molecule has 0 radical (unpaired) electrons. The summed E-state index contributed by atoms with van der Waals surface area (Å²) in [6.07, 6.45) is 1.90. The molecular formula is C26H29NO2. The lowest BCUT2D eigenvalue weighted by atomic mass is 9.90. The molecule has 0 atom stereocenters. The molecule has 29 heavy (non-hydrogen) atoms. The summed E-state index contributed by atoms with van der Waals surface area (Å²) in [5.74, 6) is -0.218. The van der Waals surface area contributed by atoms with Crippen molar-refractivity contribution in [1.82, 2.24) is 5.32 Å². The molecule has 0 unspecified atom stereocenters. The van der Waals surface area contributed by atoms with E-state index in [4.69, 9.17) is 0 Å². The van der Waals surface area contributed by atoms with Crippen LogP contribution in [0.4, 0.5) is 0 Å². The van der Waals surface area contributed by atoms with Crippen LogP contribution in [0.3, 0.4) is 0 Å². The molecule has 2 N–H and O–H groups in total. The van der Waals surface area contributed by atoms with Crippen LogP contribution in [0.2, 0.25) is 0 Å². The van der Waals surface area contributed by atoms with Crippen LogP contribution in [-0.2, 0) is 4.79 Å². The maximum atomic E-state index is 13.2. The van der Waals surface area contributed by atoms with Gasteiger partial charge in [-0.1, -0.05) is 73.5 Å². The van der Waals surface area contributed by atoms with Crippen LogP contribution >= 0.6 is 0 Å². The molecule has 0 bridgehead atoms. The van der Waals surface area contributed by atoms with E-state index < -0.39 is 0 Å². The standard InChI is InChI=1S/C26H29NO2/c1-5-6-14-27-26(29)24(23-18(3)15-17(2)16-19(23)4)25(28)22-13-9-11-20-10-7-8-12-21(20)22/h7-13,15-16,28H,5-6,14H2,1-4H3,(H,27,29)/b25-24-. The molecule has 0 aliphatic heterocycles. The Hall–Kier alpha value is -3.07. The van der Waals surface area contributed by atoms with Gasteiger partial charge in [0.15, 0.2) is 0 Å². The highest BCUT2D eigenvalue weighted by Crippen LogP contribution is 2.33. The summed E-state index contributed by atoms with van der Waals surface area (Å²) in [5, 5.41) is 16.3. The molecular weight excluding hydrogens is 358 g/mol. The average molecular weight is 388 g/mol. The van der Waals surface area contributed by atoms with Gasteiger partial charge in [0.1, 0.15) is 5.76 Å². The summed E-state index contributed by atoms with van der Waals surface area (Å²) in [7, 11) is 0. The number of aliphatic hydroxyl groups excluding tert-OH is 1. The summed E-state index contributed by atoms with van der Waals surface area (Å²) in [4.78, 5) is 13.2. The highest BCUT2D eigenvalue weighted by atomic mass is 16.3. The molecule has 0 aromatic heterocycles. The van der Waals surface area contributed by atoms with Gasteiger partial charge >= 0.3 is 0 Å². The fraction of sp³-hybridized carbons (Fsp3) is 0.269. The summed E-state index contributed by atoms with van der Waals surface area (Å²) >= 11 is 0. The average Bonchev–Trinajstić information content (AvgIpc) is 2.69. The molecule has 3 aromatic carbocycles. The number of rotatable bonds is 6. The first kappa shape index (κ1) is 20.7. The van der Waals surface area contributed by atoms with Crippen molar-refractivity contribution in [2.45, 2.75) is 40.5 Å². The lowest BCUT2D eigenvalue weighted by Crippen LogP contribution is -2.26. The van der Waals surface area contributed by atoms with E-state index in [1.165, 1.54) is 0 Å². The minimum Gasteiger partial charge on any atom is -0.506 e. The quantitative estimate of drug-likeness (QED) is 0.232. The van der Waals surface area contributed by atoms with Crippen molar-refractivity contribution in [3.05, 3.63) is 82.4 Å². The van der Waals surface area contributed by atoms with E-state index in [1.807, 2.05) is 63.2 Å². The van der Waals surface area contributed by atoms with Gasteiger partial charge in [0.05, 0.1) is 5.57 Å². The Kier molecular flexibility index (Phi) is 6.38. The highest BCUT2D eigenvalue weighted by molar-refractivity contribution is 6.27. The number of aryl methyl sites for hydroxylation is 3. The van der Waals surface area contributed by atoms with E-state index in [9.17, 15) is 9.90 Å². The summed E-state index contributed by atoms with van der Waals surface area (Å²) in [5.41, 5.74) is 4.91. The lowest BCUT2D eigenvalue weighted by molar-refractivity contribution is -0.115. The van der Waals surface area contributed by atoms with Crippen molar-refractivity contribution in [3.63, 3.8) is 0 Å². The number of aliphatic hydroxyl groups is 1. The van der Waals surface area contributed by atoms with E-state index >= 15 is 0 Å². The molecule has 0 fully saturated rings. The summed E-state index contributed by atoms with van der Waals surface area (Å²) < 4.78 is 0. The Labute approximate surface area is 173 Å². The zero-order chi connectivity index (χ0) is 21.0. The first-order chi connectivity index (χ1) is 13.9. The van der Waals surface area contributed by atoms with Gasteiger partial charge in [-0.05, 0) is 54.7 Å². The molecule has 0 spiro atoms. The highest BCUT2D eigenvalue weighted by Gasteiger charge is 2.23. The van der Waals surface area contributed by atoms with Crippen LogP contribution in [0.15, 0.2) is 54.6 Å². The molecule has 0 saturated heterocycles. The molecule has 1 amide bonds. The minimum atomic E-state index is -0.237. The number of benzene rings is 3. The second kappa shape index (κ2) is 8.95. The van der Waals surface area contributed by atoms with Gasteiger partial charge in [0.2, 0.25) is 0 Å². The van der Waals surface area contributed by atoms with Gasteiger partial charge in [-0.25, -0.2) is 0 Å². The molecule has 150 valence electrons. The molecule has 3 nitrogen and oxygen atoms in total. The number of carbonyl (C=O) groups is 1. The molecule has 0 aliphatic carbocycles. The number of carbonyl (C=O) groups excluding carboxylic acids is 1. The maximum Gasteiger partial charge on any atom is 0.255 e. The smallest absolute Gasteiger partial charge is 0.255 e. The van der Waals surface area contributed by atoms with Crippen molar-refractivity contribution in [2.75, 3.05) is 6.54 Å². The molecule has 3 aromatic rings. The van der Waals surface area contributed by atoms with Crippen molar-refractivity contribution in [2.24, 2.45) is 0 Å². The van der Waals surface area contributed by atoms with Crippen LogP contribution in [0.25, 0.3) is 22.1 Å². The first-order valence-corrected chi connectivity index (χ1v) is 10.2. The van der Waals surface area contributed by atoms with E-state index in [-0.39, 0.29) is 11.7 Å². The van der Waals surface area contributed by atoms with Crippen molar-refractivity contribution >= 4 is 28.0 Å². The largest absolute Gasteiger partial charge is 0.506 e. The monoisotopic (exact) mass is 387 g/mol. The lowest BCUT2D eigenvalue weighted by Gasteiger charge is -2.18. The van der Waals surface area contributed by atoms with Gasteiger partial charge in [-0.3, -0.25) is 4.79 Å². The third kappa shape index (κ3) is 4.34. The Morgan fingerprint density at radius 1 is 0.966 bits per heavy atom. The van der Waals surface area contributed by atoms with E-state index in [0.29, 0.717) is 17.7 Å². The predicted molar refractivity (Wildman–Crippen MR) is 122 cm³/mol. The predicted octanol–water partition coefficient (Wildman–Crippen LogP) is 6.11. The van der Waals surface area contributed by atoms with Gasteiger partial charge in [-0.2, -0.15) is 0 Å². The molecule has 3 heteroatoms. The van der Waals surface area contributed by atoms with Gasteiger partial charge in [0, 0.05) is 12.1 Å². The van der Waals surface area contributed by atoms with Gasteiger partial charge < -0.3 is 10.4 Å². The summed E-state index contributed by atoms with van der Waals surface area (Å²) in [6.45, 7) is 8.70. The number of amides is 1. The van der Waals surface area contributed by atoms with Crippen LogP contribution < -0.4 is 5.32 Å². The Morgan fingerprint density at radius 2 is 1.62 bits per heavy atom. The van der Waals surface area contributed by atoms with Crippen LogP contribution in [0, 0.1) is 20.8 Å². The zero-order valence-electron chi connectivity index (χ0n) is 17.7. The fourth-order valence-electron chi connectivity index (χ4n) is 3.95. The van der Waals surface area contributed by atoms with Crippen molar-refractivity contribution in [3.8, 4) is 0 Å². The van der Waals surface area contributed by atoms with Crippen molar-refractivity contribution < 1.29 is 9.90 Å².